The lowest BCUT2D eigenvalue weighted by molar-refractivity contribution is 0.457. The van der Waals surface area contributed by atoms with Crippen molar-refractivity contribution in [1.29, 1.82) is 0 Å². The number of nitrogens with zero attached hydrogens (tertiary/aromatic N) is 2. The standard InChI is InChI=1S/C12H21N3/c1-6-7-8-13-10(15-14-8)9-11(2,3)12(9,4)5/h9H,6-7H2,1-5H3,(H,13,14,15). The van der Waals surface area contributed by atoms with E-state index in [0.29, 0.717) is 16.7 Å². The molecule has 0 aromatic carbocycles. The van der Waals surface area contributed by atoms with E-state index in [0.717, 1.165) is 24.5 Å². The molecule has 0 spiro atoms. The average molecular weight is 207 g/mol. The zero-order valence-corrected chi connectivity index (χ0v) is 10.4. The first-order chi connectivity index (χ1) is 6.91. The fourth-order valence-corrected chi connectivity index (χ4v) is 2.63. The molecule has 0 saturated heterocycles. The van der Waals surface area contributed by atoms with Gasteiger partial charge in [-0.05, 0) is 17.3 Å². The van der Waals surface area contributed by atoms with Crippen molar-refractivity contribution in [1.82, 2.24) is 15.2 Å². The van der Waals surface area contributed by atoms with Crippen LogP contribution >= 0.6 is 0 Å². The zero-order chi connectivity index (χ0) is 11.3. The molecule has 0 atom stereocenters. The van der Waals surface area contributed by atoms with Gasteiger partial charge in [-0.3, -0.25) is 5.10 Å². The maximum Gasteiger partial charge on any atom is 0.154 e. The number of hydrogen-bond donors (Lipinski definition) is 1. The van der Waals surface area contributed by atoms with Crippen LogP contribution in [0, 0.1) is 10.8 Å². The third-order valence-corrected chi connectivity index (χ3v) is 4.31. The molecule has 0 amide bonds. The smallest absolute Gasteiger partial charge is 0.154 e. The normalized spacial score (nSPS) is 23.0. The van der Waals surface area contributed by atoms with Gasteiger partial charge in [0, 0.05) is 12.3 Å². The van der Waals surface area contributed by atoms with Crippen LogP contribution < -0.4 is 0 Å². The lowest BCUT2D eigenvalue weighted by Gasteiger charge is -2.03. The van der Waals surface area contributed by atoms with Crippen LogP contribution in [0.5, 0.6) is 0 Å². The Hall–Kier alpha value is -0.860. The van der Waals surface area contributed by atoms with Crippen LogP contribution in [0.4, 0.5) is 0 Å². The Morgan fingerprint density at radius 2 is 1.80 bits per heavy atom. The summed E-state index contributed by atoms with van der Waals surface area (Å²) in [6, 6.07) is 0. The minimum Gasteiger partial charge on any atom is -0.263 e. The summed E-state index contributed by atoms with van der Waals surface area (Å²) in [5.41, 5.74) is 0.664. The van der Waals surface area contributed by atoms with Gasteiger partial charge in [-0.1, -0.05) is 34.6 Å². The van der Waals surface area contributed by atoms with Crippen molar-refractivity contribution in [2.45, 2.75) is 53.4 Å². The van der Waals surface area contributed by atoms with Crippen molar-refractivity contribution < 1.29 is 0 Å². The van der Waals surface area contributed by atoms with Gasteiger partial charge in [-0.15, -0.1) is 0 Å². The van der Waals surface area contributed by atoms with Gasteiger partial charge in [0.15, 0.2) is 5.82 Å². The molecule has 1 heterocycles. The molecule has 1 saturated carbocycles. The van der Waals surface area contributed by atoms with Gasteiger partial charge in [0.1, 0.15) is 5.82 Å². The summed E-state index contributed by atoms with van der Waals surface area (Å²) in [6.45, 7) is 11.4. The van der Waals surface area contributed by atoms with Gasteiger partial charge < -0.3 is 0 Å². The van der Waals surface area contributed by atoms with E-state index in [1.807, 2.05) is 0 Å². The third-order valence-electron chi connectivity index (χ3n) is 4.31. The molecule has 1 aliphatic rings. The number of rotatable bonds is 3. The molecule has 0 unspecified atom stereocenters. The van der Waals surface area contributed by atoms with E-state index < -0.39 is 0 Å². The minimum atomic E-state index is 0.332. The number of H-pyrrole nitrogens is 1. The van der Waals surface area contributed by atoms with Crippen molar-refractivity contribution in [2.75, 3.05) is 0 Å². The maximum atomic E-state index is 4.59. The van der Waals surface area contributed by atoms with Crippen molar-refractivity contribution in [2.24, 2.45) is 10.8 Å². The first-order valence-corrected chi connectivity index (χ1v) is 5.82. The first kappa shape index (κ1) is 10.7. The van der Waals surface area contributed by atoms with Crippen LogP contribution in [0.25, 0.3) is 0 Å². The van der Waals surface area contributed by atoms with E-state index in [4.69, 9.17) is 0 Å². The lowest BCUT2D eigenvalue weighted by atomic mass is 10.0. The summed E-state index contributed by atoms with van der Waals surface area (Å²) in [4.78, 5) is 4.59. The topological polar surface area (TPSA) is 41.6 Å². The molecular formula is C12H21N3. The molecule has 84 valence electrons. The molecule has 1 aromatic heterocycles. The summed E-state index contributed by atoms with van der Waals surface area (Å²) in [7, 11) is 0. The molecule has 0 radical (unpaired) electrons. The molecule has 1 N–H and O–H groups in total. The summed E-state index contributed by atoms with van der Waals surface area (Å²) in [6.07, 6.45) is 2.12. The van der Waals surface area contributed by atoms with Crippen molar-refractivity contribution >= 4 is 0 Å². The first-order valence-electron chi connectivity index (χ1n) is 5.82. The lowest BCUT2D eigenvalue weighted by Crippen LogP contribution is -1.95. The van der Waals surface area contributed by atoms with E-state index >= 15 is 0 Å². The SMILES string of the molecule is CCCc1nc(C2C(C)(C)C2(C)C)n[nH]1. The van der Waals surface area contributed by atoms with Gasteiger partial charge in [0.25, 0.3) is 0 Å². The van der Waals surface area contributed by atoms with Gasteiger partial charge in [-0.2, -0.15) is 5.10 Å². The van der Waals surface area contributed by atoms with E-state index in [1.165, 1.54) is 0 Å². The van der Waals surface area contributed by atoms with Crippen LogP contribution in [0.3, 0.4) is 0 Å². The van der Waals surface area contributed by atoms with E-state index in [2.05, 4.69) is 49.8 Å². The third kappa shape index (κ3) is 1.40. The predicted octanol–water partition coefficient (Wildman–Crippen LogP) is 2.91. The molecule has 1 fully saturated rings. The van der Waals surface area contributed by atoms with Gasteiger partial charge in [0.05, 0.1) is 0 Å². The molecule has 15 heavy (non-hydrogen) atoms. The summed E-state index contributed by atoms with van der Waals surface area (Å²) < 4.78 is 0. The molecular weight excluding hydrogens is 186 g/mol. The molecule has 0 bridgehead atoms. The van der Waals surface area contributed by atoms with Crippen molar-refractivity contribution in [3.8, 4) is 0 Å². The second-order valence-corrected chi connectivity index (χ2v) is 5.77. The molecule has 3 nitrogen and oxygen atoms in total. The Balaban J connectivity index is 2.19. The highest BCUT2D eigenvalue weighted by molar-refractivity contribution is 5.26. The van der Waals surface area contributed by atoms with Gasteiger partial charge >= 0.3 is 0 Å². The molecule has 0 aliphatic heterocycles. The maximum absolute atomic E-state index is 4.59. The predicted molar refractivity (Wildman–Crippen MR) is 60.7 cm³/mol. The van der Waals surface area contributed by atoms with Crippen LogP contribution in [-0.2, 0) is 6.42 Å². The second-order valence-electron chi connectivity index (χ2n) is 5.77. The number of hydrogen-bond acceptors (Lipinski definition) is 2. The fraction of sp³-hybridized carbons (Fsp3) is 0.833. The monoisotopic (exact) mass is 207 g/mol. The van der Waals surface area contributed by atoms with E-state index in [9.17, 15) is 0 Å². The van der Waals surface area contributed by atoms with Gasteiger partial charge in [-0.25, -0.2) is 4.98 Å². The summed E-state index contributed by atoms with van der Waals surface area (Å²) in [5, 5.41) is 7.39. The molecule has 1 aliphatic carbocycles. The average Bonchev–Trinajstić information content (AvgIpc) is 2.51. The Kier molecular flexibility index (Phi) is 2.18. The van der Waals surface area contributed by atoms with Crippen LogP contribution in [0.2, 0.25) is 0 Å². The second kappa shape index (κ2) is 3.06. The van der Waals surface area contributed by atoms with Gasteiger partial charge in [0.2, 0.25) is 0 Å². The molecule has 1 aromatic rings. The Morgan fingerprint density at radius 1 is 1.20 bits per heavy atom. The molecule has 3 heteroatoms. The summed E-state index contributed by atoms with van der Waals surface area (Å²) >= 11 is 0. The number of nitrogens with one attached hydrogen (secondary N) is 1. The molecule has 2 rings (SSSR count). The highest BCUT2D eigenvalue weighted by Gasteiger charge is 2.66. The Morgan fingerprint density at radius 3 is 2.27 bits per heavy atom. The highest BCUT2D eigenvalue weighted by atomic mass is 15.2. The largest absolute Gasteiger partial charge is 0.263 e. The van der Waals surface area contributed by atoms with E-state index in [1.54, 1.807) is 0 Å². The van der Waals surface area contributed by atoms with Crippen molar-refractivity contribution in [3.05, 3.63) is 11.6 Å². The number of aryl methyl sites for hydroxylation is 1. The quantitative estimate of drug-likeness (QED) is 0.828. The number of aromatic nitrogens is 3. The van der Waals surface area contributed by atoms with Crippen LogP contribution in [0.1, 0.15) is 58.6 Å². The Bertz CT molecular complexity index is 349. The zero-order valence-electron chi connectivity index (χ0n) is 10.4. The number of aromatic amines is 1. The fourth-order valence-electron chi connectivity index (χ4n) is 2.63. The van der Waals surface area contributed by atoms with E-state index in [-0.39, 0.29) is 0 Å². The Labute approximate surface area is 91.7 Å². The summed E-state index contributed by atoms with van der Waals surface area (Å²) in [5.74, 6) is 2.55. The highest BCUT2D eigenvalue weighted by Crippen LogP contribution is 2.72. The minimum absolute atomic E-state index is 0.332. The van der Waals surface area contributed by atoms with Crippen molar-refractivity contribution in [3.63, 3.8) is 0 Å². The van der Waals surface area contributed by atoms with Crippen LogP contribution in [0.15, 0.2) is 0 Å². The van der Waals surface area contributed by atoms with Crippen LogP contribution in [-0.4, -0.2) is 15.2 Å².